The van der Waals surface area contributed by atoms with E-state index in [1.165, 1.54) is 18.5 Å². The highest BCUT2D eigenvalue weighted by Crippen LogP contribution is 2.29. The number of carbonyl (C=O) groups is 1. The minimum absolute atomic E-state index is 0.363. The normalized spacial score (nSPS) is 14.5. The summed E-state index contributed by atoms with van der Waals surface area (Å²) in [6.45, 7) is 7.87. The van der Waals surface area contributed by atoms with Gasteiger partial charge >= 0.3 is 6.09 Å². The quantitative estimate of drug-likeness (QED) is 0.715. The van der Waals surface area contributed by atoms with Gasteiger partial charge in [-0.15, -0.1) is 0 Å². The van der Waals surface area contributed by atoms with Crippen molar-refractivity contribution in [3.05, 3.63) is 36.7 Å². The van der Waals surface area contributed by atoms with E-state index in [2.05, 4.69) is 32.3 Å². The van der Waals surface area contributed by atoms with E-state index in [0.29, 0.717) is 16.9 Å². The number of carbonyl (C=O) groups excluding carboxylic acids is 1. The number of aromatic nitrogens is 3. The Kier molecular flexibility index (Phi) is 4.66. The zero-order valence-corrected chi connectivity index (χ0v) is 16.5. The molecule has 1 saturated heterocycles. The molecule has 0 unspecified atom stereocenters. The first-order valence-corrected chi connectivity index (χ1v) is 9.58. The molecule has 0 bridgehead atoms. The lowest BCUT2D eigenvalue weighted by Gasteiger charge is -2.19. The average Bonchev–Trinajstić information content (AvgIpc) is 3.30. The second-order valence-corrected chi connectivity index (χ2v) is 8.11. The molecule has 2 aromatic heterocycles. The molecule has 7 nitrogen and oxygen atoms in total. The van der Waals surface area contributed by atoms with E-state index in [-0.39, 0.29) is 5.54 Å². The Labute approximate surface area is 164 Å². The zero-order valence-electron chi connectivity index (χ0n) is 16.5. The first-order valence-electron chi connectivity index (χ1n) is 9.58. The van der Waals surface area contributed by atoms with Crippen molar-refractivity contribution >= 4 is 22.9 Å². The second kappa shape index (κ2) is 7.14. The Bertz CT molecular complexity index is 999. The van der Waals surface area contributed by atoms with Crippen LogP contribution in [0.1, 0.15) is 33.6 Å². The average molecular weight is 379 g/mol. The van der Waals surface area contributed by atoms with Gasteiger partial charge in [0.25, 0.3) is 0 Å². The van der Waals surface area contributed by atoms with Gasteiger partial charge in [-0.05, 0) is 45.7 Å². The van der Waals surface area contributed by atoms with Crippen LogP contribution in [0.3, 0.4) is 0 Å². The first kappa shape index (κ1) is 18.3. The molecule has 3 aromatic rings. The van der Waals surface area contributed by atoms with Crippen molar-refractivity contribution in [3.8, 4) is 17.0 Å². The van der Waals surface area contributed by atoms with E-state index in [1.54, 1.807) is 12.4 Å². The molecule has 146 valence electrons. The van der Waals surface area contributed by atoms with Crippen LogP contribution in [0.25, 0.3) is 22.4 Å². The minimum Gasteiger partial charge on any atom is -0.406 e. The number of H-pyrrole nitrogens is 1. The maximum atomic E-state index is 12.1. The van der Waals surface area contributed by atoms with Crippen molar-refractivity contribution < 1.29 is 9.53 Å². The molecule has 1 amide bonds. The third kappa shape index (κ3) is 3.93. The fraction of sp³-hybridized carbons (Fsp3) is 0.381. The van der Waals surface area contributed by atoms with Crippen molar-refractivity contribution in [2.75, 3.05) is 18.0 Å². The lowest BCUT2D eigenvalue weighted by molar-refractivity contribution is 0.191. The standard InChI is InChI=1S/C21H25N5O2/c1-21(2,3)25-20(27)28-17-13-23-19-18(17)24-16(12-22-19)14-7-6-8-15(11-14)26-9-4-5-10-26/h6-8,11-13H,4-5,9-10H2,1-3H3,(H,22,23)(H,25,27). The van der Waals surface area contributed by atoms with Crippen molar-refractivity contribution in [2.24, 2.45) is 0 Å². The molecular formula is C21H25N5O2. The first-order chi connectivity index (χ1) is 13.4. The maximum absolute atomic E-state index is 12.1. The molecule has 1 aliphatic rings. The molecular weight excluding hydrogens is 354 g/mol. The molecule has 0 spiro atoms. The van der Waals surface area contributed by atoms with Gasteiger partial charge in [-0.2, -0.15) is 0 Å². The van der Waals surface area contributed by atoms with Crippen molar-refractivity contribution in [1.82, 2.24) is 20.3 Å². The lowest BCUT2D eigenvalue weighted by atomic mass is 10.1. The van der Waals surface area contributed by atoms with E-state index in [1.807, 2.05) is 32.9 Å². The van der Waals surface area contributed by atoms with Crippen LogP contribution >= 0.6 is 0 Å². The van der Waals surface area contributed by atoms with E-state index < -0.39 is 6.09 Å². The predicted octanol–water partition coefficient (Wildman–Crippen LogP) is 4.11. The third-order valence-corrected chi connectivity index (χ3v) is 4.64. The van der Waals surface area contributed by atoms with E-state index in [4.69, 9.17) is 9.72 Å². The Balaban J connectivity index is 1.62. The van der Waals surface area contributed by atoms with Crippen LogP contribution in [0.5, 0.6) is 5.75 Å². The highest BCUT2D eigenvalue weighted by molar-refractivity contribution is 5.84. The van der Waals surface area contributed by atoms with Gasteiger partial charge in [0.05, 0.1) is 11.9 Å². The Morgan fingerprint density at radius 2 is 2.04 bits per heavy atom. The van der Waals surface area contributed by atoms with Crippen LogP contribution < -0.4 is 15.0 Å². The van der Waals surface area contributed by atoms with Gasteiger partial charge in [0, 0.05) is 36.1 Å². The third-order valence-electron chi connectivity index (χ3n) is 4.64. The highest BCUT2D eigenvalue weighted by Gasteiger charge is 2.18. The van der Waals surface area contributed by atoms with Gasteiger partial charge in [-0.25, -0.2) is 14.8 Å². The molecule has 0 saturated carbocycles. The number of nitrogens with one attached hydrogen (secondary N) is 2. The summed E-state index contributed by atoms with van der Waals surface area (Å²) in [6.07, 6.45) is 5.29. The van der Waals surface area contributed by atoms with Gasteiger partial charge in [0.15, 0.2) is 16.9 Å². The number of aromatic amines is 1. The van der Waals surface area contributed by atoms with Crippen LogP contribution in [0, 0.1) is 0 Å². The Hall–Kier alpha value is -3.09. The number of hydrogen-bond acceptors (Lipinski definition) is 5. The molecule has 4 rings (SSSR count). The van der Waals surface area contributed by atoms with Crippen molar-refractivity contribution in [1.29, 1.82) is 0 Å². The van der Waals surface area contributed by atoms with Crippen LogP contribution in [0.2, 0.25) is 0 Å². The molecule has 0 atom stereocenters. The molecule has 1 fully saturated rings. The number of nitrogens with zero attached hydrogens (tertiary/aromatic N) is 3. The number of anilines is 1. The molecule has 2 N–H and O–H groups in total. The fourth-order valence-corrected chi connectivity index (χ4v) is 3.35. The topological polar surface area (TPSA) is 83.1 Å². The number of rotatable bonds is 3. The Morgan fingerprint density at radius 1 is 1.25 bits per heavy atom. The Morgan fingerprint density at radius 3 is 2.79 bits per heavy atom. The summed E-state index contributed by atoms with van der Waals surface area (Å²) in [6, 6.07) is 8.33. The number of hydrogen-bond donors (Lipinski definition) is 2. The van der Waals surface area contributed by atoms with Gasteiger partial charge in [-0.3, -0.25) is 0 Å². The molecule has 0 aliphatic carbocycles. The van der Waals surface area contributed by atoms with Gasteiger partial charge < -0.3 is 19.9 Å². The molecule has 1 aliphatic heterocycles. The summed E-state index contributed by atoms with van der Waals surface area (Å²) in [5.74, 6) is 0.363. The van der Waals surface area contributed by atoms with Crippen LogP contribution in [0.4, 0.5) is 10.5 Å². The van der Waals surface area contributed by atoms with E-state index in [0.717, 1.165) is 24.3 Å². The number of fused-ring (bicyclic) bond motifs is 1. The second-order valence-electron chi connectivity index (χ2n) is 8.11. The van der Waals surface area contributed by atoms with Crippen LogP contribution in [-0.4, -0.2) is 39.7 Å². The summed E-state index contributed by atoms with van der Waals surface area (Å²) in [4.78, 5) is 26.7. The van der Waals surface area contributed by atoms with E-state index >= 15 is 0 Å². The minimum atomic E-state index is -0.517. The largest absolute Gasteiger partial charge is 0.413 e. The van der Waals surface area contributed by atoms with E-state index in [9.17, 15) is 4.79 Å². The summed E-state index contributed by atoms with van der Waals surface area (Å²) in [7, 11) is 0. The monoisotopic (exact) mass is 379 g/mol. The molecule has 0 radical (unpaired) electrons. The molecule has 1 aromatic carbocycles. The van der Waals surface area contributed by atoms with Crippen molar-refractivity contribution in [3.63, 3.8) is 0 Å². The van der Waals surface area contributed by atoms with Crippen LogP contribution in [0.15, 0.2) is 36.7 Å². The predicted molar refractivity (Wildman–Crippen MR) is 110 cm³/mol. The van der Waals surface area contributed by atoms with Crippen LogP contribution in [-0.2, 0) is 0 Å². The fourth-order valence-electron chi connectivity index (χ4n) is 3.35. The molecule has 7 heteroatoms. The summed E-state index contributed by atoms with van der Waals surface area (Å²) in [5.41, 5.74) is 3.67. The summed E-state index contributed by atoms with van der Waals surface area (Å²) < 4.78 is 5.45. The molecule has 3 heterocycles. The highest BCUT2D eigenvalue weighted by atomic mass is 16.6. The number of ether oxygens (including phenoxy) is 1. The number of amides is 1. The number of benzene rings is 1. The molecule has 28 heavy (non-hydrogen) atoms. The SMILES string of the molecule is CC(C)(C)NC(=O)Oc1c[nH]c2ncc(-c3cccc(N4CCCC4)c3)nc12. The zero-order chi connectivity index (χ0) is 19.7. The van der Waals surface area contributed by atoms with Crippen molar-refractivity contribution in [2.45, 2.75) is 39.2 Å². The van der Waals surface area contributed by atoms with Gasteiger partial charge in [0.2, 0.25) is 0 Å². The van der Waals surface area contributed by atoms with Gasteiger partial charge in [0.1, 0.15) is 0 Å². The lowest BCUT2D eigenvalue weighted by Crippen LogP contribution is -2.42. The van der Waals surface area contributed by atoms with Gasteiger partial charge in [-0.1, -0.05) is 12.1 Å². The summed E-state index contributed by atoms with van der Waals surface area (Å²) in [5, 5.41) is 2.78. The maximum Gasteiger partial charge on any atom is 0.413 e. The summed E-state index contributed by atoms with van der Waals surface area (Å²) >= 11 is 0. The smallest absolute Gasteiger partial charge is 0.406 e.